The Bertz CT molecular complexity index is 472. The summed E-state index contributed by atoms with van der Waals surface area (Å²) >= 11 is 0. The molecule has 0 spiro atoms. The average molecular weight is 319 g/mol. The van der Waals surface area contributed by atoms with Crippen LogP contribution in [0.3, 0.4) is 0 Å². The standard InChI is InChI=1S/C21H35NO/c1-6-20(5)16-21(17(2)3,13-15-23-20)12-14-22-18(4)19-10-8-7-9-11-19/h7-11,17-18,22H,6,12-16H2,1-5H3/p+1/t18-,20-,21+/m0/s1. The number of hydrogen-bond acceptors (Lipinski definition) is 1. The van der Waals surface area contributed by atoms with Crippen molar-refractivity contribution in [3.8, 4) is 0 Å². The molecule has 23 heavy (non-hydrogen) atoms. The average Bonchev–Trinajstić information content (AvgIpc) is 2.55. The third kappa shape index (κ3) is 4.58. The highest BCUT2D eigenvalue weighted by molar-refractivity contribution is 5.16. The zero-order valence-electron chi connectivity index (χ0n) is 15.8. The van der Waals surface area contributed by atoms with Crippen molar-refractivity contribution < 1.29 is 10.1 Å². The number of hydrogen-bond donors (Lipinski definition) is 1. The molecule has 2 heteroatoms. The van der Waals surface area contributed by atoms with Gasteiger partial charge in [-0.15, -0.1) is 0 Å². The monoisotopic (exact) mass is 318 g/mol. The lowest BCUT2D eigenvalue weighted by Crippen LogP contribution is -2.85. The minimum absolute atomic E-state index is 0.0770. The van der Waals surface area contributed by atoms with Crippen molar-refractivity contribution in [2.75, 3.05) is 13.2 Å². The van der Waals surface area contributed by atoms with E-state index in [1.165, 1.54) is 31.4 Å². The predicted octanol–water partition coefficient (Wildman–Crippen LogP) is 4.32. The van der Waals surface area contributed by atoms with Crippen LogP contribution in [0.25, 0.3) is 0 Å². The van der Waals surface area contributed by atoms with Crippen molar-refractivity contribution in [2.24, 2.45) is 11.3 Å². The van der Waals surface area contributed by atoms with Crippen LogP contribution in [-0.2, 0) is 4.74 Å². The number of ether oxygens (including phenoxy) is 1. The van der Waals surface area contributed by atoms with Crippen LogP contribution < -0.4 is 5.32 Å². The van der Waals surface area contributed by atoms with Crippen LogP contribution >= 0.6 is 0 Å². The molecule has 2 rings (SSSR count). The van der Waals surface area contributed by atoms with Crippen molar-refractivity contribution in [3.05, 3.63) is 35.9 Å². The molecule has 0 aliphatic carbocycles. The molecule has 0 radical (unpaired) electrons. The summed E-state index contributed by atoms with van der Waals surface area (Å²) in [6.45, 7) is 13.8. The molecule has 1 aliphatic heterocycles. The van der Waals surface area contributed by atoms with Gasteiger partial charge in [0, 0.05) is 18.6 Å². The van der Waals surface area contributed by atoms with E-state index in [1.807, 2.05) is 0 Å². The minimum Gasteiger partial charge on any atom is -0.375 e. The Hall–Kier alpha value is -0.860. The normalized spacial score (nSPS) is 29.7. The van der Waals surface area contributed by atoms with Crippen molar-refractivity contribution >= 4 is 0 Å². The molecule has 1 fully saturated rings. The Labute approximate surface area is 143 Å². The zero-order valence-corrected chi connectivity index (χ0v) is 15.8. The first-order valence-corrected chi connectivity index (χ1v) is 9.43. The van der Waals surface area contributed by atoms with E-state index < -0.39 is 0 Å². The molecule has 2 N–H and O–H groups in total. The number of nitrogens with two attached hydrogens (primary N) is 1. The molecule has 1 aromatic rings. The van der Waals surface area contributed by atoms with Crippen molar-refractivity contribution in [1.29, 1.82) is 0 Å². The van der Waals surface area contributed by atoms with Crippen molar-refractivity contribution in [3.63, 3.8) is 0 Å². The molecule has 0 aromatic heterocycles. The summed E-state index contributed by atoms with van der Waals surface area (Å²) in [5.74, 6) is 0.720. The zero-order chi connectivity index (χ0) is 16.9. The van der Waals surface area contributed by atoms with Gasteiger partial charge in [0.25, 0.3) is 0 Å². The molecule has 2 nitrogen and oxygen atoms in total. The van der Waals surface area contributed by atoms with Crippen molar-refractivity contribution in [2.45, 2.75) is 71.9 Å². The summed E-state index contributed by atoms with van der Waals surface area (Å²) in [7, 11) is 0. The second-order valence-corrected chi connectivity index (χ2v) is 8.07. The fourth-order valence-electron chi connectivity index (χ4n) is 4.12. The SMILES string of the molecule is CC[C@@]1(C)C[C@](CC[NH2+][C@@H](C)c2ccccc2)(C(C)C)CCO1. The van der Waals surface area contributed by atoms with Crippen LogP contribution in [0.5, 0.6) is 0 Å². The third-order valence-electron chi connectivity index (χ3n) is 6.24. The van der Waals surface area contributed by atoms with Gasteiger partial charge in [-0.2, -0.15) is 0 Å². The van der Waals surface area contributed by atoms with Crippen LogP contribution in [0.2, 0.25) is 0 Å². The Morgan fingerprint density at radius 2 is 1.87 bits per heavy atom. The highest BCUT2D eigenvalue weighted by atomic mass is 16.5. The van der Waals surface area contributed by atoms with Crippen molar-refractivity contribution in [1.82, 2.24) is 0 Å². The third-order valence-corrected chi connectivity index (χ3v) is 6.24. The first-order chi connectivity index (χ1) is 10.9. The lowest BCUT2D eigenvalue weighted by atomic mass is 9.64. The molecule has 0 bridgehead atoms. The molecule has 0 unspecified atom stereocenters. The molecule has 1 aromatic carbocycles. The minimum atomic E-state index is 0.0770. The maximum Gasteiger partial charge on any atom is 0.109 e. The van der Waals surface area contributed by atoms with E-state index in [1.54, 1.807) is 0 Å². The summed E-state index contributed by atoms with van der Waals surface area (Å²) in [4.78, 5) is 0. The second kappa shape index (κ2) is 7.81. The smallest absolute Gasteiger partial charge is 0.109 e. The van der Waals surface area contributed by atoms with Crippen LogP contribution in [0.15, 0.2) is 30.3 Å². The van der Waals surface area contributed by atoms with Crippen LogP contribution in [0, 0.1) is 11.3 Å². The predicted molar refractivity (Wildman–Crippen MR) is 97.4 cm³/mol. The van der Waals surface area contributed by atoms with E-state index in [0.29, 0.717) is 11.5 Å². The van der Waals surface area contributed by atoms with Crippen LogP contribution in [0.4, 0.5) is 0 Å². The Kier molecular flexibility index (Phi) is 6.27. The second-order valence-electron chi connectivity index (χ2n) is 8.07. The number of benzene rings is 1. The highest BCUT2D eigenvalue weighted by Crippen LogP contribution is 2.47. The van der Waals surface area contributed by atoms with E-state index in [-0.39, 0.29) is 5.60 Å². The van der Waals surface area contributed by atoms with Gasteiger partial charge >= 0.3 is 0 Å². The molecule has 0 saturated carbocycles. The van der Waals surface area contributed by atoms with Gasteiger partial charge in [-0.25, -0.2) is 0 Å². The first-order valence-electron chi connectivity index (χ1n) is 9.43. The summed E-state index contributed by atoms with van der Waals surface area (Å²) < 4.78 is 6.11. The maximum atomic E-state index is 6.11. The summed E-state index contributed by atoms with van der Waals surface area (Å²) in [5.41, 5.74) is 1.94. The molecule has 1 heterocycles. The lowest BCUT2D eigenvalue weighted by molar-refractivity contribution is -0.694. The fourth-order valence-corrected chi connectivity index (χ4v) is 4.12. The quantitative estimate of drug-likeness (QED) is 0.796. The van der Waals surface area contributed by atoms with E-state index in [2.05, 4.69) is 70.3 Å². The lowest BCUT2D eigenvalue weighted by Gasteiger charge is -2.48. The Morgan fingerprint density at radius 3 is 2.48 bits per heavy atom. The molecule has 0 amide bonds. The highest BCUT2D eigenvalue weighted by Gasteiger charge is 2.44. The summed E-state index contributed by atoms with van der Waals surface area (Å²) in [6, 6.07) is 11.4. The van der Waals surface area contributed by atoms with E-state index in [4.69, 9.17) is 4.74 Å². The molecule has 130 valence electrons. The molecule has 1 aliphatic rings. The Balaban J connectivity index is 1.95. The van der Waals surface area contributed by atoms with Gasteiger partial charge in [0.1, 0.15) is 6.04 Å². The van der Waals surface area contributed by atoms with E-state index in [0.717, 1.165) is 18.9 Å². The topological polar surface area (TPSA) is 25.8 Å². The van der Waals surface area contributed by atoms with Crippen LogP contribution in [0.1, 0.15) is 71.9 Å². The van der Waals surface area contributed by atoms with E-state index >= 15 is 0 Å². The summed E-state index contributed by atoms with van der Waals surface area (Å²) in [5, 5.41) is 2.51. The van der Waals surface area contributed by atoms with Gasteiger partial charge in [0.2, 0.25) is 0 Å². The van der Waals surface area contributed by atoms with Gasteiger partial charge in [-0.05, 0) is 44.4 Å². The Morgan fingerprint density at radius 1 is 1.17 bits per heavy atom. The van der Waals surface area contributed by atoms with Gasteiger partial charge in [-0.1, -0.05) is 51.1 Å². The maximum absolute atomic E-state index is 6.11. The van der Waals surface area contributed by atoms with Crippen LogP contribution in [-0.4, -0.2) is 18.8 Å². The molecular weight excluding hydrogens is 282 g/mol. The largest absolute Gasteiger partial charge is 0.375 e. The first kappa shape index (κ1) is 18.5. The molecule has 3 atom stereocenters. The summed E-state index contributed by atoms with van der Waals surface area (Å²) in [6.07, 6.45) is 4.84. The van der Waals surface area contributed by atoms with Gasteiger partial charge in [0.05, 0.1) is 12.1 Å². The van der Waals surface area contributed by atoms with Gasteiger partial charge < -0.3 is 10.1 Å². The fraction of sp³-hybridized carbons (Fsp3) is 0.714. The van der Waals surface area contributed by atoms with E-state index in [9.17, 15) is 0 Å². The molecular formula is C21H36NO+. The number of rotatable bonds is 7. The molecule has 1 saturated heterocycles. The van der Waals surface area contributed by atoms with Gasteiger partial charge in [-0.3, -0.25) is 0 Å². The number of quaternary nitrogens is 1. The van der Waals surface area contributed by atoms with Gasteiger partial charge in [0.15, 0.2) is 0 Å².